The Morgan fingerprint density at radius 1 is 1.32 bits per heavy atom. The van der Waals surface area contributed by atoms with Gasteiger partial charge in [-0.15, -0.1) is 0 Å². The molecule has 3 N–H and O–H groups in total. The molecule has 1 atom stereocenters. The van der Waals surface area contributed by atoms with Crippen molar-refractivity contribution in [3.8, 4) is 0 Å². The molecule has 4 nitrogen and oxygen atoms in total. The number of hydrogen-bond donors (Lipinski definition) is 2. The van der Waals surface area contributed by atoms with Crippen LogP contribution in [0.1, 0.15) is 27.2 Å². The first-order valence-corrected chi connectivity index (χ1v) is 6.86. The van der Waals surface area contributed by atoms with Crippen LogP contribution in [0.2, 0.25) is 0 Å². The highest BCUT2D eigenvalue weighted by molar-refractivity contribution is 5.82. The van der Waals surface area contributed by atoms with E-state index in [0.717, 1.165) is 24.7 Å². The van der Waals surface area contributed by atoms with Crippen LogP contribution in [-0.2, 0) is 0 Å². The predicted octanol–water partition coefficient (Wildman–Crippen LogP) is 2.51. The molecule has 0 bridgehead atoms. The number of nitrogens with zero attached hydrogens (tertiary/aromatic N) is 2. The Kier molecular flexibility index (Phi) is 4.10. The molecule has 1 unspecified atom stereocenters. The van der Waals surface area contributed by atoms with Gasteiger partial charge in [0, 0.05) is 13.1 Å². The predicted molar refractivity (Wildman–Crippen MR) is 80.0 cm³/mol. The van der Waals surface area contributed by atoms with Crippen LogP contribution < -0.4 is 11.3 Å². The molecular formula is C15H24N4. The smallest absolute Gasteiger partial charge is 0.213 e. The van der Waals surface area contributed by atoms with E-state index >= 15 is 0 Å². The number of nitrogens with one attached hydrogen (secondary N) is 1. The molecule has 0 amide bonds. The van der Waals surface area contributed by atoms with E-state index < -0.39 is 0 Å². The molecular weight excluding hydrogens is 236 g/mol. The van der Waals surface area contributed by atoms with Crippen molar-refractivity contribution in [1.82, 2.24) is 10.3 Å². The molecule has 0 radical (unpaired) electrons. The van der Waals surface area contributed by atoms with Gasteiger partial charge in [-0.1, -0.05) is 39.0 Å². The summed E-state index contributed by atoms with van der Waals surface area (Å²) in [6.45, 7) is 8.92. The van der Waals surface area contributed by atoms with Crippen molar-refractivity contribution in [2.24, 2.45) is 22.2 Å². The fourth-order valence-electron chi connectivity index (χ4n) is 2.48. The quantitative estimate of drug-likeness (QED) is 0.353. The van der Waals surface area contributed by atoms with Gasteiger partial charge >= 0.3 is 0 Å². The minimum absolute atomic E-state index is 0.335. The van der Waals surface area contributed by atoms with Gasteiger partial charge < -0.3 is 4.90 Å². The summed E-state index contributed by atoms with van der Waals surface area (Å²) >= 11 is 0. The monoisotopic (exact) mass is 260 g/mol. The molecule has 1 aliphatic rings. The number of likely N-dealkylation sites (tertiary alicyclic amines) is 1. The third-order valence-corrected chi connectivity index (χ3v) is 3.83. The van der Waals surface area contributed by atoms with Gasteiger partial charge in [0.05, 0.1) is 5.69 Å². The number of para-hydroxylation sites is 1. The van der Waals surface area contributed by atoms with Crippen LogP contribution in [0, 0.1) is 11.3 Å². The summed E-state index contributed by atoms with van der Waals surface area (Å²) in [7, 11) is 0. The first-order valence-electron chi connectivity index (χ1n) is 6.86. The van der Waals surface area contributed by atoms with Crippen molar-refractivity contribution in [3.05, 3.63) is 30.3 Å². The van der Waals surface area contributed by atoms with Gasteiger partial charge in [-0.25, -0.2) is 10.8 Å². The van der Waals surface area contributed by atoms with Crippen LogP contribution in [-0.4, -0.2) is 23.9 Å². The average Bonchev–Trinajstić information content (AvgIpc) is 2.86. The van der Waals surface area contributed by atoms with E-state index in [0.29, 0.717) is 11.3 Å². The maximum absolute atomic E-state index is 5.63. The lowest BCUT2D eigenvalue weighted by molar-refractivity contribution is 0.249. The lowest BCUT2D eigenvalue weighted by atomic mass is 9.80. The standard InChI is InChI=1S/C15H24N4/c1-15(2,3)12-9-10-19(11-12)14(18-16)17-13-7-5-4-6-8-13/h4-8,12H,9-11,16H2,1-3H3,(H,17,18). The molecule has 0 aromatic heterocycles. The van der Waals surface area contributed by atoms with Crippen molar-refractivity contribution >= 4 is 11.6 Å². The second kappa shape index (κ2) is 5.61. The molecule has 1 saturated heterocycles. The first kappa shape index (κ1) is 13.9. The zero-order valence-electron chi connectivity index (χ0n) is 12.1. The minimum atomic E-state index is 0.335. The summed E-state index contributed by atoms with van der Waals surface area (Å²) in [5.74, 6) is 7.08. The Balaban J connectivity index is 2.10. The van der Waals surface area contributed by atoms with E-state index in [9.17, 15) is 0 Å². The molecule has 1 aromatic rings. The third kappa shape index (κ3) is 3.47. The van der Waals surface area contributed by atoms with E-state index in [1.54, 1.807) is 0 Å². The third-order valence-electron chi connectivity index (χ3n) is 3.83. The first-order chi connectivity index (χ1) is 9.00. The van der Waals surface area contributed by atoms with Gasteiger partial charge in [0.15, 0.2) is 0 Å². The van der Waals surface area contributed by atoms with Gasteiger partial charge in [0.2, 0.25) is 5.96 Å². The zero-order valence-corrected chi connectivity index (χ0v) is 12.1. The Morgan fingerprint density at radius 2 is 2.00 bits per heavy atom. The van der Waals surface area contributed by atoms with Gasteiger partial charge in [0.1, 0.15) is 0 Å². The SMILES string of the molecule is CC(C)(C)C1CCN(C(=Nc2ccccc2)NN)C1. The molecule has 19 heavy (non-hydrogen) atoms. The van der Waals surface area contributed by atoms with E-state index in [1.165, 1.54) is 6.42 Å². The van der Waals surface area contributed by atoms with Crippen molar-refractivity contribution in [3.63, 3.8) is 0 Å². The minimum Gasteiger partial charge on any atom is -0.341 e. The summed E-state index contributed by atoms with van der Waals surface area (Å²) in [5.41, 5.74) is 4.00. The summed E-state index contributed by atoms with van der Waals surface area (Å²) in [6, 6.07) is 9.91. The maximum atomic E-state index is 5.63. The molecule has 1 aromatic carbocycles. The van der Waals surface area contributed by atoms with Crippen molar-refractivity contribution in [2.45, 2.75) is 27.2 Å². The lowest BCUT2D eigenvalue weighted by Crippen LogP contribution is -2.44. The van der Waals surface area contributed by atoms with Crippen molar-refractivity contribution in [2.75, 3.05) is 13.1 Å². The Bertz CT molecular complexity index is 433. The largest absolute Gasteiger partial charge is 0.341 e. The fourth-order valence-corrected chi connectivity index (χ4v) is 2.48. The van der Waals surface area contributed by atoms with E-state index in [-0.39, 0.29) is 0 Å². The molecule has 0 saturated carbocycles. The van der Waals surface area contributed by atoms with Gasteiger partial charge in [-0.05, 0) is 29.9 Å². The highest BCUT2D eigenvalue weighted by atomic mass is 15.4. The van der Waals surface area contributed by atoms with Gasteiger partial charge in [-0.3, -0.25) is 5.43 Å². The number of benzene rings is 1. The maximum Gasteiger partial charge on any atom is 0.213 e. The van der Waals surface area contributed by atoms with Crippen molar-refractivity contribution in [1.29, 1.82) is 0 Å². The fraction of sp³-hybridized carbons (Fsp3) is 0.533. The van der Waals surface area contributed by atoms with Crippen LogP contribution >= 0.6 is 0 Å². The van der Waals surface area contributed by atoms with Crippen LogP contribution in [0.4, 0.5) is 5.69 Å². The van der Waals surface area contributed by atoms with Crippen LogP contribution in [0.25, 0.3) is 0 Å². The van der Waals surface area contributed by atoms with Crippen molar-refractivity contribution < 1.29 is 0 Å². The van der Waals surface area contributed by atoms with Crippen LogP contribution in [0.3, 0.4) is 0 Å². The molecule has 0 aliphatic carbocycles. The highest BCUT2D eigenvalue weighted by Gasteiger charge is 2.32. The molecule has 1 aliphatic heterocycles. The van der Waals surface area contributed by atoms with E-state index in [1.807, 2.05) is 30.3 Å². The number of hydrazine groups is 1. The molecule has 2 rings (SSSR count). The summed E-state index contributed by atoms with van der Waals surface area (Å²) in [6.07, 6.45) is 1.19. The van der Waals surface area contributed by atoms with Gasteiger partial charge in [0.25, 0.3) is 0 Å². The molecule has 4 heteroatoms. The number of hydrogen-bond acceptors (Lipinski definition) is 2. The average molecular weight is 260 g/mol. The highest BCUT2D eigenvalue weighted by Crippen LogP contribution is 2.33. The molecule has 0 spiro atoms. The number of nitrogens with two attached hydrogens (primary N) is 1. The van der Waals surface area contributed by atoms with Crippen LogP contribution in [0.15, 0.2) is 35.3 Å². The normalized spacial score (nSPS) is 20.7. The number of rotatable bonds is 1. The molecule has 1 fully saturated rings. The Morgan fingerprint density at radius 3 is 2.53 bits per heavy atom. The summed E-state index contributed by atoms with van der Waals surface area (Å²) in [4.78, 5) is 6.82. The van der Waals surface area contributed by atoms with Gasteiger partial charge in [-0.2, -0.15) is 0 Å². The summed E-state index contributed by atoms with van der Waals surface area (Å²) < 4.78 is 0. The molecule has 104 valence electrons. The second-order valence-corrected chi connectivity index (χ2v) is 6.21. The van der Waals surface area contributed by atoms with Crippen LogP contribution in [0.5, 0.6) is 0 Å². The second-order valence-electron chi connectivity index (χ2n) is 6.21. The number of guanidine groups is 1. The lowest BCUT2D eigenvalue weighted by Gasteiger charge is -2.27. The Hall–Kier alpha value is -1.55. The molecule has 1 heterocycles. The summed E-state index contributed by atoms with van der Waals surface area (Å²) in [5, 5.41) is 0. The Labute approximate surface area is 115 Å². The number of aliphatic imine (C=N–C) groups is 1. The zero-order chi connectivity index (χ0) is 13.9. The topological polar surface area (TPSA) is 53.6 Å². The van der Waals surface area contributed by atoms with E-state index in [2.05, 4.69) is 36.1 Å². The van der Waals surface area contributed by atoms with E-state index in [4.69, 9.17) is 5.84 Å².